The lowest BCUT2D eigenvalue weighted by atomic mass is 10.0. The maximum absolute atomic E-state index is 12.4. The van der Waals surface area contributed by atoms with E-state index in [2.05, 4.69) is 10.6 Å². The molecule has 3 N–H and O–H groups in total. The van der Waals surface area contributed by atoms with Crippen LogP contribution in [0.1, 0.15) is 39.2 Å². The summed E-state index contributed by atoms with van der Waals surface area (Å²) in [6, 6.07) is 8.41. The predicted octanol–water partition coefficient (Wildman–Crippen LogP) is 1.74. The van der Waals surface area contributed by atoms with Crippen LogP contribution in [0.4, 0.5) is 0 Å². The molecule has 0 heterocycles. The van der Waals surface area contributed by atoms with Crippen molar-refractivity contribution in [2.75, 3.05) is 0 Å². The Kier molecular flexibility index (Phi) is 7.95. The van der Waals surface area contributed by atoms with Crippen LogP contribution in [0.5, 0.6) is 0 Å². The summed E-state index contributed by atoms with van der Waals surface area (Å²) in [6.45, 7) is 5.47. The van der Waals surface area contributed by atoms with Crippen molar-refractivity contribution in [1.29, 1.82) is 0 Å². The molecule has 0 aromatic heterocycles. The van der Waals surface area contributed by atoms with E-state index in [1.165, 1.54) is 0 Å². The number of nitrogens with one attached hydrogen (secondary N) is 2. The van der Waals surface area contributed by atoms with Gasteiger partial charge in [0.2, 0.25) is 11.8 Å². The van der Waals surface area contributed by atoms with Crippen LogP contribution in [-0.2, 0) is 20.8 Å². The lowest BCUT2D eigenvalue weighted by Gasteiger charge is -2.24. The zero-order chi connectivity index (χ0) is 18.1. The highest BCUT2D eigenvalue weighted by Crippen LogP contribution is 2.06. The van der Waals surface area contributed by atoms with Crippen LogP contribution in [0.25, 0.3) is 0 Å². The summed E-state index contributed by atoms with van der Waals surface area (Å²) in [5.41, 5.74) is 0.882. The first-order chi connectivity index (χ1) is 11.3. The van der Waals surface area contributed by atoms with Gasteiger partial charge in [0.05, 0.1) is 6.42 Å². The van der Waals surface area contributed by atoms with Crippen molar-refractivity contribution in [2.45, 2.75) is 52.1 Å². The number of amides is 2. The first-order valence-corrected chi connectivity index (χ1v) is 8.15. The molecule has 24 heavy (non-hydrogen) atoms. The fourth-order valence-corrected chi connectivity index (χ4v) is 2.29. The van der Waals surface area contributed by atoms with Gasteiger partial charge in [0.15, 0.2) is 0 Å². The molecule has 6 heteroatoms. The van der Waals surface area contributed by atoms with Crippen molar-refractivity contribution in [2.24, 2.45) is 5.92 Å². The third-order valence-corrected chi connectivity index (χ3v) is 3.65. The summed E-state index contributed by atoms with van der Waals surface area (Å²) >= 11 is 0. The van der Waals surface area contributed by atoms with Gasteiger partial charge in [-0.05, 0) is 24.8 Å². The number of hydrogen-bond acceptors (Lipinski definition) is 3. The van der Waals surface area contributed by atoms with Crippen LogP contribution in [-0.4, -0.2) is 35.0 Å². The molecule has 0 fully saturated rings. The maximum Gasteiger partial charge on any atom is 0.303 e. The Morgan fingerprint density at radius 2 is 1.67 bits per heavy atom. The smallest absolute Gasteiger partial charge is 0.303 e. The summed E-state index contributed by atoms with van der Waals surface area (Å²) in [5, 5.41) is 14.2. The van der Waals surface area contributed by atoms with E-state index in [1.807, 2.05) is 44.2 Å². The quantitative estimate of drug-likeness (QED) is 0.641. The first kappa shape index (κ1) is 19.7. The fraction of sp³-hybridized carbons (Fsp3) is 0.500. The molecule has 0 radical (unpaired) electrons. The minimum atomic E-state index is -0.896. The van der Waals surface area contributed by atoms with Gasteiger partial charge in [0.25, 0.3) is 0 Å². The van der Waals surface area contributed by atoms with Gasteiger partial charge in [0.1, 0.15) is 6.04 Å². The number of aliphatic carboxylic acids is 1. The molecule has 0 saturated heterocycles. The van der Waals surface area contributed by atoms with Gasteiger partial charge < -0.3 is 15.7 Å². The zero-order valence-electron chi connectivity index (χ0n) is 14.4. The summed E-state index contributed by atoms with van der Waals surface area (Å²) < 4.78 is 0. The van der Waals surface area contributed by atoms with E-state index in [4.69, 9.17) is 5.11 Å². The molecule has 1 aromatic rings. The van der Waals surface area contributed by atoms with Gasteiger partial charge in [0, 0.05) is 12.5 Å². The lowest BCUT2D eigenvalue weighted by Crippen LogP contribution is -2.52. The molecule has 0 saturated carbocycles. The second-order valence-electron chi connectivity index (χ2n) is 6.29. The van der Waals surface area contributed by atoms with Gasteiger partial charge in [-0.3, -0.25) is 14.4 Å². The van der Waals surface area contributed by atoms with Crippen LogP contribution in [0.3, 0.4) is 0 Å². The molecular weight excluding hydrogens is 308 g/mol. The Bertz CT molecular complexity index is 557. The number of carbonyl (C=O) groups excluding carboxylic acids is 2. The molecule has 0 aliphatic carbocycles. The van der Waals surface area contributed by atoms with Crippen molar-refractivity contribution >= 4 is 17.8 Å². The third-order valence-electron chi connectivity index (χ3n) is 3.65. The van der Waals surface area contributed by atoms with Gasteiger partial charge in [-0.25, -0.2) is 0 Å². The van der Waals surface area contributed by atoms with Crippen LogP contribution in [0.15, 0.2) is 30.3 Å². The average molecular weight is 334 g/mol. The maximum atomic E-state index is 12.4. The van der Waals surface area contributed by atoms with Crippen molar-refractivity contribution in [3.63, 3.8) is 0 Å². The van der Waals surface area contributed by atoms with E-state index < -0.39 is 12.0 Å². The summed E-state index contributed by atoms with van der Waals surface area (Å²) in [5.74, 6) is -1.47. The van der Waals surface area contributed by atoms with Crippen LogP contribution in [0, 0.1) is 5.92 Å². The minimum absolute atomic E-state index is 0.00580. The second-order valence-corrected chi connectivity index (χ2v) is 6.29. The van der Waals surface area contributed by atoms with E-state index >= 15 is 0 Å². The van der Waals surface area contributed by atoms with Crippen LogP contribution < -0.4 is 10.6 Å². The van der Waals surface area contributed by atoms with Crippen LogP contribution in [0.2, 0.25) is 0 Å². The Morgan fingerprint density at radius 1 is 1.04 bits per heavy atom. The van der Waals surface area contributed by atoms with E-state index in [0.717, 1.165) is 5.56 Å². The molecule has 2 atom stereocenters. The van der Waals surface area contributed by atoms with Crippen molar-refractivity contribution < 1.29 is 19.5 Å². The molecule has 0 aliphatic rings. The molecule has 0 aliphatic heterocycles. The second kappa shape index (κ2) is 9.70. The van der Waals surface area contributed by atoms with Crippen molar-refractivity contribution in [3.05, 3.63) is 35.9 Å². The molecule has 0 bridgehead atoms. The molecule has 0 spiro atoms. The van der Waals surface area contributed by atoms with Crippen molar-refractivity contribution in [1.82, 2.24) is 10.6 Å². The van der Waals surface area contributed by atoms with E-state index in [0.29, 0.717) is 6.42 Å². The SMILES string of the molecule is CC(CCC(=O)O)NC(=O)C(NC(=O)Cc1ccccc1)C(C)C. The Hall–Kier alpha value is -2.37. The summed E-state index contributed by atoms with van der Waals surface area (Å²) in [4.78, 5) is 35.1. The number of carboxylic acid groups (broad SMARTS) is 1. The highest BCUT2D eigenvalue weighted by atomic mass is 16.4. The summed E-state index contributed by atoms with van der Waals surface area (Å²) in [6.07, 6.45) is 0.559. The molecule has 2 amide bonds. The number of rotatable bonds is 9. The Balaban J connectivity index is 2.57. The third kappa shape index (κ3) is 7.26. The standard InChI is InChI=1S/C18H26N2O4/c1-12(2)17(18(24)19-13(3)9-10-16(22)23)20-15(21)11-14-7-5-4-6-8-14/h4-8,12-13,17H,9-11H2,1-3H3,(H,19,24)(H,20,21)(H,22,23). The molecule has 6 nitrogen and oxygen atoms in total. The highest BCUT2D eigenvalue weighted by Gasteiger charge is 2.25. The zero-order valence-corrected chi connectivity index (χ0v) is 14.4. The lowest BCUT2D eigenvalue weighted by molar-refractivity contribution is -0.137. The topological polar surface area (TPSA) is 95.5 Å². The average Bonchev–Trinajstić information content (AvgIpc) is 2.51. The molecule has 1 rings (SSSR count). The van der Waals surface area contributed by atoms with Gasteiger partial charge >= 0.3 is 5.97 Å². The minimum Gasteiger partial charge on any atom is -0.481 e. The number of carboxylic acids is 1. The summed E-state index contributed by atoms with van der Waals surface area (Å²) in [7, 11) is 0. The molecular formula is C18H26N2O4. The Morgan fingerprint density at radius 3 is 2.21 bits per heavy atom. The van der Waals surface area contributed by atoms with E-state index in [9.17, 15) is 14.4 Å². The fourth-order valence-electron chi connectivity index (χ4n) is 2.29. The van der Waals surface area contributed by atoms with Crippen LogP contribution >= 0.6 is 0 Å². The molecule has 132 valence electrons. The van der Waals surface area contributed by atoms with Gasteiger partial charge in [-0.2, -0.15) is 0 Å². The number of benzene rings is 1. The number of carbonyl (C=O) groups is 3. The molecule has 2 unspecified atom stereocenters. The molecule has 1 aromatic carbocycles. The van der Waals surface area contributed by atoms with E-state index in [-0.39, 0.29) is 36.6 Å². The van der Waals surface area contributed by atoms with Gasteiger partial charge in [-0.1, -0.05) is 44.2 Å². The largest absolute Gasteiger partial charge is 0.481 e. The van der Waals surface area contributed by atoms with Crippen molar-refractivity contribution in [3.8, 4) is 0 Å². The van der Waals surface area contributed by atoms with Gasteiger partial charge in [-0.15, -0.1) is 0 Å². The monoisotopic (exact) mass is 334 g/mol. The normalized spacial score (nSPS) is 13.2. The first-order valence-electron chi connectivity index (χ1n) is 8.15. The predicted molar refractivity (Wildman–Crippen MR) is 91.4 cm³/mol. The van der Waals surface area contributed by atoms with E-state index in [1.54, 1.807) is 6.92 Å². The number of hydrogen-bond donors (Lipinski definition) is 3. The highest BCUT2D eigenvalue weighted by molar-refractivity contribution is 5.88. The Labute approximate surface area is 142 Å².